The van der Waals surface area contributed by atoms with Crippen molar-refractivity contribution >= 4 is 0 Å². The molecule has 0 amide bonds. The van der Waals surface area contributed by atoms with E-state index in [1.807, 2.05) is 25.1 Å². The van der Waals surface area contributed by atoms with Gasteiger partial charge in [-0.25, -0.2) is 0 Å². The quantitative estimate of drug-likeness (QED) is 0.701. The van der Waals surface area contributed by atoms with Crippen molar-refractivity contribution in [2.75, 3.05) is 0 Å². The van der Waals surface area contributed by atoms with E-state index in [4.69, 9.17) is 4.52 Å². The van der Waals surface area contributed by atoms with Crippen LogP contribution in [0.5, 0.6) is 0 Å². The van der Waals surface area contributed by atoms with Crippen molar-refractivity contribution in [2.45, 2.75) is 13.3 Å². The van der Waals surface area contributed by atoms with Crippen molar-refractivity contribution in [2.24, 2.45) is 0 Å². The van der Waals surface area contributed by atoms with Gasteiger partial charge in [-0.2, -0.15) is 0 Å². The van der Waals surface area contributed by atoms with Crippen molar-refractivity contribution in [3.63, 3.8) is 0 Å². The summed E-state index contributed by atoms with van der Waals surface area (Å²) in [5, 5.41) is 3.92. The molecule has 0 saturated heterocycles. The summed E-state index contributed by atoms with van der Waals surface area (Å²) < 4.78 is 5.16. The average Bonchev–Trinajstić information content (AvgIpc) is 2.67. The molecule has 0 aliphatic heterocycles. The second-order valence-corrected chi connectivity index (χ2v) is 2.77. The molecular formula is C10H10N2O. The van der Waals surface area contributed by atoms with Crippen LogP contribution in [-0.2, 0) is 6.42 Å². The molecule has 3 nitrogen and oxygen atoms in total. The molecule has 0 bridgehead atoms. The van der Waals surface area contributed by atoms with Gasteiger partial charge in [0.25, 0.3) is 0 Å². The van der Waals surface area contributed by atoms with E-state index < -0.39 is 0 Å². The van der Waals surface area contributed by atoms with E-state index in [0.717, 1.165) is 23.4 Å². The Labute approximate surface area is 76.4 Å². The highest BCUT2D eigenvalue weighted by atomic mass is 16.5. The summed E-state index contributed by atoms with van der Waals surface area (Å²) in [6.07, 6.45) is 4.38. The Hall–Kier alpha value is -1.64. The number of rotatable bonds is 2. The monoisotopic (exact) mass is 174 g/mol. The first-order valence-corrected chi connectivity index (χ1v) is 4.26. The standard InChI is InChI=1S/C10H10N2O/c1-2-9-7-10(13-12-9)8-3-5-11-6-4-8/h3-7H,2H2,1H3. The van der Waals surface area contributed by atoms with Crippen molar-refractivity contribution in [3.05, 3.63) is 36.3 Å². The number of hydrogen-bond acceptors (Lipinski definition) is 3. The SMILES string of the molecule is CCc1cc(-c2ccncc2)on1. The fraction of sp³-hybridized carbons (Fsp3) is 0.200. The van der Waals surface area contributed by atoms with Gasteiger partial charge in [-0.15, -0.1) is 0 Å². The largest absolute Gasteiger partial charge is 0.356 e. The van der Waals surface area contributed by atoms with Gasteiger partial charge in [-0.3, -0.25) is 4.98 Å². The Bertz CT molecular complexity index is 381. The third kappa shape index (κ3) is 1.59. The maximum absolute atomic E-state index is 5.16. The number of aryl methyl sites for hydroxylation is 1. The van der Waals surface area contributed by atoms with Gasteiger partial charge in [0, 0.05) is 24.0 Å². The molecule has 0 N–H and O–H groups in total. The van der Waals surface area contributed by atoms with Crippen LogP contribution in [0.1, 0.15) is 12.6 Å². The molecule has 0 spiro atoms. The van der Waals surface area contributed by atoms with E-state index in [1.165, 1.54) is 0 Å². The van der Waals surface area contributed by atoms with Crippen LogP contribution in [-0.4, -0.2) is 10.1 Å². The van der Waals surface area contributed by atoms with E-state index in [9.17, 15) is 0 Å². The summed E-state index contributed by atoms with van der Waals surface area (Å²) in [4.78, 5) is 3.94. The molecule has 2 rings (SSSR count). The molecule has 0 atom stereocenters. The lowest BCUT2D eigenvalue weighted by molar-refractivity contribution is 0.424. The molecule has 0 aliphatic rings. The van der Waals surface area contributed by atoms with Crippen LogP contribution in [0, 0.1) is 0 Å². The van der Waals surface area contributed by atoms with Gasteiger partial charge in [-0.1, -0.05) is 12.1 Å². The van der Waals surface area contributed by atoms with Crippen molar-refractivity contribution in [1.82, 2.24) is 10.1 Å². The minimum atomic E-state index is 0.805. The van der Waals surface area contributed by atoms with E-state index in [0.29, 0.717) is 0 Å². The first-order chi connectivity index (χ1) is 6.40. The highest BCUT2D eigenvalue weighted by Gasteiger charge is 2.03. The normalized spacial score (nSPS) is 10.2. The van der Waals surface area contributed by atoms with Gasteiger partial charge in [0.2, 0.25) is 0 Å². The van der Waals surface area contributed by atoms with Gasteiger partial charge in [0.1, 0.15) is 0 Å². The zero-order chi connectivity index (χ0) is 9.10. The smallest absolute Gasteiger partial charge is 0.167 e. The van der Waals surface area contributed by atoms with E-state index in [1.54, 1.807) is 12.4 Å². The highest BCUT2D eigenvalue weighted by molar-refractivity contribution is 5.56. The van der Waals surface area contributed by atoms with Crippen LogP contribution in [0.15, 0.2) is 35.1 Å². The maximum Gasteiger partial charge on any atom is 0.167 e. The molecular weight excluding hydrogens is 164 g/mol. The van der Waals surface area contributed by atoms with Crippen LogP contribution in [0.3, 0.4) is 0 Å². The summed E-state index contributed by atoms with van der Waals surface area (Å²) >= 11 is 0. The van der Waals surface area contributed by atoms with Crippen LogP contribution in [0.2, 0.25) is 0 Å². The lowest BCUT2D eigenvalue weighted by atomic mass is 10.2. The molecule has 2 aromatic rings. The number of nitrogens with zero attached hydrogens (tertiary/aromatic N) is 2. The third-order valence-corrected chi connectivity index (χ3v) is 1.89. The van der Waals surface area contributed by atoms with E-state index >= 15 is 0 Å². The molecule has 3 heteroatoms. The molecule has 0 radical (unpaired) electrons. The van der Waals surface area contributed by atoms with Crippen LogP contribution < -0.4 is 0 Å². The van der Waals surface area contributed by atoms with Crippen molar-refractivity contribution in [3.8, 4) is 11.3 Å². The molecule has 2 aromatic heterocycles. The summed E-state index contributed by atoms with van der Waals surface area (Å²) in [6.45, 7) is 2.05. The molecule has 2 heterocycles. The van der Waals surface area contributed by atoms with Crippen molar-refractivity contribution < 1.29 is 4.52 Å². The van der Waals surface area contributed by atoms with E-state index in [2.05, 4.69) is 10.1 Å². The summed E-state index contributed by atoms with van der Waals surface area (Å²) in [7, 11) is 0. The zero-order valence-electron chi connectivity index (χ0n) is 7.40. The Kier molecular flexibility index (Phi) is 2.08. The predicted molar refractivity (Wildman–Crippen MR) is 49.1 cm³/mol. The number of hydrogen-bond donors (Lipinski definition) is 0. The van der Waals surface area contributed by atoms with Crippen LogP contribution in [0.25, 0.3) is 11.3 Å². The topological polar surface area (TPSA) is 38.9 Å². The fourth-order valence-electron chi connectivity index (χ4n) is 1.13. The number of pyridine rings is 1. The Morgan fingerprint density at radius 1 is 1.31 bits per heavy atom. The first-order valence-electron chi connectivity index (χ1n) is 4.26. The second-order valence-electron chi connectivity index (χ2n) is 2.77. The minimum absolute atomic E-state index is 0.805. The van der Waals surface area contributed by atoms with E-state index in [-0.39, 0.29) is 0 Å². The second kappa shape index (κ2) is 3.39. The molecule has 0 unspecified atom stereocenters. The highest BCUT2D eigenvalue weighted by Crippen LogP contribution is 2.18. The number of aromatic nitrogens is 2. The van der Waals surface area contributed by atoms with Gasteiger partial charge >= 0.3 is 0 Å². The predicted octanol–water partition coefficient (Wildman–Crippen LogP) is 2.30. The molecule has 66 valence electrons. The first kappa shape index (κ1) is 7.98. The fourth-order valence-corrected chi connectivity index (χ4v) is 1.13. The zero-order valence-corrected chi connectivity index (χ0v) is 7.40. The molecule has 0 saturated carbocycles. The Balaban J connectivity index is 2.36. The van der Waals surface area contributed by atoms with Crippen LogP contribution in [0.4, 0.5) is 0 Å². The lowest BCUT2D eigenvalue weighted by Crippen LogP contribution is -1.75. The lowest BCUT2D eigenvalue weighted by Gasteiger charge is -1.90. The molecule has 0 fully saturated rings. The van der Waals surface area contributed by atoms with Crippen LogP contribution >= 0.6 is 0 Å². The summed E-state index contributed by atoms with van der Waals surface area (Å²) in [5.41, 5.74) is 1.99. The molecule has 13 heavy (non-hydrogen) atoms. The molecule has 0 aromatic carbocycles. The summed E-state index contributed by atoms with van der Waals surface area (Å²) in [5.74, 6) is 0.805. The van der Waals surface area contributed by atoms with Gasteiger partial charge in [0.15, 0.2) is 5.76 Å². The minimum Gasteiger partial charge on any atom is -0.356 e. The van der Waals surface area contributed by atoms with Gasteiger partial charge in [0.05, 0.1) is 5.69 Å². The Morgan fingerprint density at radius 3 is 2.69 bits per heavy atom. The van der Waals surface area contributed by atoms with Crippen molar-refractivity contribution in [1.29, 1.82) is 0 Å². The maximum atomic E-state index is 5.16. The Morgan fingerprint density at radius 2 is 2.08 bits per heavy atom. The summed E-state index contributed by atoms with van der Waals surface area (Å²) in [6, 6.07) is 5.76. The molecule has 0 aliphatic carbocycles. The van der Waals surface area contributed by atoms with Gasteiger partial charge in [-0.05, 0) is 18.6 Å². The average molecular weight is 174 g/mol. The third-order valence-electron chi connectivity index (χ3n) is 1.89. The van der Waals surface area contributed by atoms with Gasteiger partial charge < -0.3 is 4.52 Å².